The number of piperazine rings is 1. The number of amides is 2. The van der Waals surface area contributed by atoms with E-state index in [-0.39, 0.29) is 28.5 Å². The summed E-state index contributed by atoms with van der Waals surface area (Å²) in [4.78, 5) is 26.3. The molecule has 2 amide bonds. The van der Waals surface area contributed by atoms with Crippen LogP contribution < -0.4 is 5.32 Å². The lowest BCUT2D eigenvalue weighted by Gasteiger charge is -2.44. The van der Waals surface area contributed by atoms with Gasteiger partial charge in [-0.25, -0.2) is 0 Å². The Kier molecular flexibility index (Phi) is 4.64. The van der Waals surface area contributed by atoms with Gasteiger partial charge in [0.25, 0.3) is 0 Å². The van der Waals surface area contributed by atoms with Gasteiger partial charge in [-0.1, -0.05) is 23.2 Å². The molecule has 4 atom stereocenters. The zero-order valence-electron chi connectivity index (χ0n) is 13.0. The number of benzene rings is 1. The number of carbonyl (C=O) groups excluding carboxylic acids is 2. The number of carbonyl (C=O) groups is 2. The summed E-state index contributed by atoms with van der Waals surface area (Å²) in [5.74, 6) is -0.733. The maximum absolute atomic E-state index is 12.4. The van der Waals surface area contributed by atoms with E-state index in [4.69, 9.17) is 23.2 Å². The van der Waals surface area contributed by atoms with Crippen molar-refractivity contribution in [3.63, 3.8) is 0 Å². The van der Waals surface area contributed by atoms with E-state index in [0.717, 1.165) is 0 Å². The van der Waals surface area contributed by atoms with Crippen LogP contribution in [0, 0.1) is 0 Å². The first-order valence-electron chi connectivity index (χ1n) is 7.77. The van der Waals surface area contributed by atoms with Crippen LogP contribution >= 0.6 is 23.2 Å². The van der Waals surface area contributed by atoms with E-state index < -0.39 is 18.2 Å². The minimum absolute atomic E-state index is 0.0345. The first-order chi connectivity index (χ1) is 11.3. The van der Waals surface area contributed by atoms with Crippen molar-refractivity contribution in [2.75, 3.05) is 6.54 Å². The molecular formula is C16H18Cl2N2O4. The number of hydrogen-bond acceptors (Lipinski definition) is 4. The number of halogens is 2. The maximum Gasteiger partial charge on any atom is 0.248 e. The summed E-state index contributed by atoms with van der Waals surface area (Å²) in [5.41, 5.74) is 0.515. The molecule has 8 heteroatoms. The van der Waals surface area contributed by atoms with Gasteiger partial charge in [0.05, 0.1) is 16.1 Å². The van der Waals surface area contributed by atoms with Crippen LogP contribution in [0.5, 0.6) is 5.75 Å². The standard InChI is InChI=1S/C16H18Cl2N2O4/c1-7(21)14-16(24)20-5-4-8(6-10(20)15(23)19-14)12-11(22)3-2-9(17)13(12)18/h2-3,7-8,10,14,21-22H,4-6H2,1H3,(H,19,23)/t7-,8+,10-,14-/m1/s1. The Morgan fingerprint density at radius 1 is 1.33 bits per heavy atom. The molecule has 2 saturated heterocycles. The van der Waals surface area contributed by atoms with Crippen molar-refractivity contribution in [2.24, 2.45) is 0 Å². The lowest BCUT2D eigenvalue weighted by atomic mass is 9.83. The SMILES string of the molecule is C[C@@H](O)[C@H]1NC(=O)[C@H]2C[C@@H](c3c(O)ccc(Cl)c3Cl)CCN2C1=O. The number of piperidine rings is 1. The fourth-order valence-electron chi connectivity index (χ4n) is 3.50. The quantitative estimate of drug-likeness (QED) is 0.736. The molecule has 0 unspecified atom stereocenters. The van der Waals surface area contributed by atoms with Crippen molar-refractivity contribution in [1.82, 2.24) is 10.2 Å². The Balaban J connectivity index is 1.87. The molecule has 6 nitrogen and oxygen atoms in total. The average molecular weight is 373 g/mol. The normalized spacial score (nSPS) is 28.3. The van der Waals surface area contributed by atoms with Crippen molar-refractivity contribution < 1.29 is 19.8 Å². The zero-order chi connectivity index (χ0) is 17.6. The number of aliphatic hydroxyl groups excluding tert-OH is 1. The molecule has 0 saturated carbocycles. The van der Waals surface area contributed by atoms with Gasteiger partial charge in [-0.3, -0.25) is 9.59 Å². The van der Waals surface area contributed by atoms with Crippen LogP contribution in [0.3, 0.4) is 0 Å². The molecule has 2 heterocycles. The van der Waals surface area contributed by atoms with E-state index in [1.807, 2.05) is 0 Å². The molecule has 0 bridgehead atoms. The topological polar surface area (TPSA) is 89.9 Å². The summed E-state index contributed by atoms with van der Waals surface area (Å²) in [6.07, 6.45) is -0.0560. The first kappa shape index (κ1) is 17.3. The van der Waals surface area contributed by atoms with Crippen LogP contribution in [0.15, 0.2) is 12.1 Å². The smallest absolute Gasteiger partial charge is 0.248 e. The zero-order valence-corrected chi connectivity index (χ0v) is 14.5. The van der Waals surface area contributed by atoms with E-state index >= 15 is 0 Å². The van der Waals surface area contributed by atoms with Crippen molar-refractivity contribution in [1.29, 1.82) is 0 Å². The maximum atomic E-state index is 12.4. The highest BCUT2D eigenvalue weighted by Gasteiger charge is 2.46. The van der Waals surface area contributed by atoms with Crippen LogP contribution in [0.1, 0.15) is 31.2 Å². The number of phenolic OH excluding ortho intramolecular Hbond substituents is 1. The van der Waals surface area contributed by atoms with Crippen LogP contribution in [-0.4, -0.2) is 51.7 Å². The van der Waals surface area contributed by atoms with Gasteiger partial charge < -0.3 is 20.4 Å². The number of aromatic hydroxyl groups is 1. The second-order valence-corrected chi connectivity index (χ2v) is 7.07. The average Bonchev–Trinajstić information content (AvgIpc) is 2.54. The highest BCUT2D eigenvalue weighted by Crippen LogP contribution is 2.43. The number of hydrogen-bond donors (Lipinski definition) is 3. The molecule has 2 aliphatic rings. The minimum atomic E-state index is -0.952. The molecule has 1 aromatic rings. The number of rotatable bonds is 2. The molecule has 3 rings (SSSR count). The third-order valence-corrected chi connectivity index (χ3v) is 5.57. The van der Waals surface area contributed by atoms with Crippen molar-refractivity contribution in [3.05, 3.63) is 27.7 Å². The predicted octanol–water partition coefficient (Wildman–Crippen LogP) is 1.65. The number of nitrogens with one attached hydrogen (secondary N) is 1. The van der Waals surface area contributed by atoms with Crippen LogP contribution in [-0.2, 0) is 9.59 Å². The Bertz CT molecular complexity index is 695. The lowest BCUT2D eigenvalue weighted by molar-refractivity contribution is -0.154. The molecule has 0 radical (unpaired) electrons. The molecule has 24 heavy (non-hydrogen) atoms. The predicted molar refractivity (Wildman–Crippen MR) is 89.2 cm³/mol. The van der Waals surface area contributed by atoms with Gasteiger partial charge in [0.2, 0.25) is 11.8 Å². The summed E-state index contributed by atoms with van der Waals surface area (Å²) >= 11 is 12.3. The van der Waals surface area contributed by atoms with Gasteiger partial charge in [0, 0.05) is 12.1 Å². The van der Waals surface area contributed by atoms with E-state index in [1.54, 1.807) is 0 Å². The lowest BCUT2D eigenvalue weighted by Crippen LogP contribution is -2.67. The summed E-state index contributed by atoms with van der Waals surface area (Å²) in [6.45, 7) is 1.83. The summed E-state index contributed by atoms with van der Waals surface area (Å²) in [5, 5.41) is 23.0. The van der Waals surface area contributed by atoms with Gasteiger partial charge in [-0.05, 0) is 37.8 Å². The third kappa shape index (κ3) is 2.83. The number of phenols is 1. The minimum Gasteiger partial charge on any atom is -0.508 e. The highest BCUT2D eigenvalue weighted by molar-refractivity contribution is 6.42. The molecule has 1 aromatic carbocycles. The molecule has 130 valence electrons. The van der Waals surface area contributed by atoms with Gasteiger partial charge in [-0.15, -0.1) is 0 Å². The Hall–Kier alpha value is -1.50. The van der Waals surface area contributed by atoms with E-state index in [1.165, 1.54) is 24.0 Å². The van der Waals surface area contributed by atoms with Gasteiger partial charge in [-0.2, -0.15) is 0 Å². The Morgan fingerprint density at radius 3 is 2.71 bits per heavy atom. The summed E-state index contributed by atoms with van der Waals surface area (Å²) in [6, 6.07) is 1.45. The molecule has 0 aliphatic carbocycles. The Morgan fingerprint density at radius 2 is 2.04 bits per heavy atom. The van der Waals surface area contributed by atoms with Gasteiger partial charge >= 0.3 is 0 Å². The van der Waals surface area contributed by atoms with E-state index in [0.29, 0.717) is 30.0 Å². The number of nitrogens with zero attached hydrogens (tertiary/aromatic N) is 1. The molecule has 2 aliphatic heterocycles. The second kappa shape index (κ2) is 6.43. The fraction of sp³-hybridized carbons (Fsp3) is 0.500. The highest BCUT2D eigenvalue weighted by atomic mass is 35.5. The van der Waals surface area contributed by atoms with Gasteiger partial charge in [0.15, 0.2) is 0 Å². The number of fused-ring (bicyclic) bond motifs is 1. The number of aliphatic hydroxyl groups is 1. The largest absolute Gasteiger partial charge is 0.508 e. The van der Waals surface area contributed by atoms with E-state index in [2.05, 4.69) is 5.32 Å². The fourth-order valence-corrected chi connectivity index (χ4v) is 3.98. The van der Waals surface area contributed by atoms with Crippen molar-refractivity contribution >= 4 is 35.0 Å². The second-order valence-electron chi connectivity index (χ2n) is 6.29. The van der Waals surface area contributed by atoms with Crippen LogP contribution in [0.2, 0.25) is 10.0 Å². The first-order valence-corrected chi connectivity index (χ1v) is 8.52. The molecular weight excluding hydrogens is 355 g/mol. The van der Waals surface area contributed by atoms with Crippen molar-refractivity contribution in [3.8, 4) is 5.75 Å². The van der Waals surface area contributed by atoms with E-state index in [9.17, 15) is 19.8 Å². The Labute approximate surface area is 149 Å². The molecule has 2 fully saturated rings. The molecule has 0 aromatic heterocycles. The molecule has 0 spiro atoms. The van der Waals surface area contributed by atoms with Gasteiger partial charge in [0.1, 0.15) is 17.8 Å². The summed E-state index contributed by atoms with van der Waals surface area (Å²) in [7, 11) is 0. The third-order valence-electron chi connectivity index (χ3n) is 4.75. The monoisotopic (exact) mass is 372 g/mol. The van der Waals surface area contributed by atoms with Crippen molar-refractivity contribution in [2.45, 2.75) is 43.9 Å². The molecule has 3 N–H and O–H groups in total. The van der Waals surface area contributed by atoms with Crippen LogP contribution in [0.25, 0.3) is 0 Å². The summed E-state index contributed by atoms with van der Waals surface area (Å²) < 4.78 is 0. The van der Waals surface area contributed by atoms with Crippen LogP contribution in [0.4, 0.5) is 0 Å².